The molecule has 0 saturated carbocycles. The number of thiophene rings is 1. The molecule has 0 unspecified atom stereocenters. The first-order chi connectivity index (χ1) is 6.53. The maximum absolute atomic E-state index is 9.01. The first-order valence-corrected chi connectivity index (χ1v) is 5.83. The molecule has 0 saturated heterocycles. The second kappa shape index (κ2) is 5.12. The summed E-state index contributed by atoms with van der Waals surface area (Å²) in [5.41, 5.74) is -0.193. The van der Waals surface area contributed by atoms with Gasteiger partial charge in [-0.3, -0.25) is 0 Å². The van der Waals surface area contributed by atoms with Crippen LogP contribution in [0.2, 0.25) is 4.34 Å². The van der Waals surface area contributed by atoms with Crippen molar-refractivity contribution in [2.45, 2.75) is 25.8 Å². The molecule has 2 nitrogen and oxygen atoms in total. The Kier molecular flexibility index (Phi) is 4.38. The molecule has 0 aliphatic heterocycles. The van der Waals surface area contributed by atoms with Crippen molar-refractivity contribution >= 4 is 22.9 Å². The molecule has 0 spiro atoms. The van der Waals surface area contributed by atoms with Crippen LogP contribution in [0.4, 0.5) is 0 Å². The maximum Gasteiger partial charge on any atom is 0.0931 e. The van der Waals surface area contributed by atoms with Crippen molar-refractivity contribution in [1.82, 2.24) is 5.32 Å². The molecule has 0 aliphatic rings. The maximum atomic E-state index is 9.01. The van der Waals surface area contributed by atoms with E-state index < -0.39 is 0 Å². The SMILES string of the molecule is CC(C)(CO)NCCc1ccc(Cl)s1. The molecule has 4 heteroatoms. The van der Waals surface area contributed by atoms with E-state index in [0.717, 1.165) is 17.3 Å². The standard InChI is InChI=1S/C10H16ClNOS/c1-10(2,7-13)12-6-5-8-3-4-9(11)14-8/h3-4,12-13H,5-7H2,1-2H3. The van der Waals surface area contributed by atoms with E-state index in [2.05, 4.69) is 5.32 Å². The summed E-state index contributed by atoms with van der Waals surface area (Å²) in [7, 11) is 0. The third-order valence-corrected chi connectivity index (χ3v) is 3.29. The summed E-state index contributed by atoms with van der Waals surface area (Å²) in [5, 5.41) is 12.3. The number of rotatable bonds is 5. The van der Waals surface area contributed by atoms with Crippen LogP contribution in [0, 0.1) is 0 Å². The summed E-state index contributed by atoms with van der Waals surface area (Å²) < 4.78 is 0.835. The fourth-order valence-electron chi connectivity index (χ4n) is 1.07. The van der Waals surface area contributed by atoms with Gasteiger partial charge in [-0.15, -0.1) is 11.3 Å². The van der Waals surface area contributed by atoms with Crippen LogP contribution >= 0.6 is 22.9 Å². The molecule has 0 atom stereocenters. The molecule has 1 rings (SSSR count). The normalized spacial score (nSPS) is 12.0. The van der Waals surface area contributed by atoms with Gasteiger partial charge in [0.1, 0.15) is 0 Å². The van der Waals surface area contributed by atoms with Gasteiger partial charge in [0.2, 0.25) is 0 Å². The van der Waals surface area contributed by atoms with Gasteiger partial charge in [0.25, 0.3) is 0 Å². The lowest BCUT2D eigenvalue weighted by Gasteiger charge is -2.23. The van der Waals surface area contributed by atoms with E-state index in [0.29, 0.717) is 0 Å². The summed E-state index contributed by atoms with van der Waals surface area (Å²) in [6.07, 6.45) is 0.959. The highest BCUT2D eigenvalue weighted by molar-refractivity contribution is 7.16. The van der Waals surface area contributed by atoms with Crippen LogP contribution < -0.4 is 5.32 Å². The molecular formula is C10H16ClNOS. The first-order valence-electron chi connectivity index (χ1n) is 4.63. The number of halogens is 1. The van der Waals surface area contributed by atoms with E-state index in [1.807, 2.05) is 26.0 Å². The Bertz CT molecular complexity index is 285. The Morgan fingerprint density at radius 3 is 2.71 bits per heavy atom. The lowest BCUT2D eigenvalue weighted by Crippen LogP contribution is -2.43. The molecular weight excluding hydrogens is 218 g/mol. The van der Waals surface area contributed by atoms with E-state index in [1.54, 1.807) is 11.3 Å². The highest BCUT2D eigenvalue weighted by Crippen LogP contribution is 2.21. The van der Waals surface area contributed by atoms with Crippen LogP contribution in [-0.4, -0.2) is 23.8 Å². The molecule has 1 heterocycles. The fourth-order valence-corrected chi connectivity index (χ4v) is 2.15. The smallest absolute Gasteiger partial charge is 0.0931 e. The van der Waals surface area contributed by atoms with E-state index in [4.69, 9.17) is 16.7 Å². The molecule has 0 radical (unpaired) electrons. The lowest BCUT2D eigenvalue weighted by atomic mass is 10.1. The average Bonchev–Trinajstić information content (AvgIpc) is 2.51. The molecule has 0 aromatic carbocycles. The molecule has 0 aliphatic carbocycles. The summed E-state index contributed by atoms with van der Waals surface area (Å²) in [6, 6.07) is 3.96. The number of aliphatic hydroxyl groups excluding tert-OH is 1. The molecule has 0 bridgehead atoms. The van der Waals surface area contributed by atoms with Crippen molar-refractivity contribution in [3.05, 3.63) is 21.3 Å². The van der Waals surface area contributed by atoms with Crippen molar-refractivity contribution in [1.29, 1.82) is 0 Å². The number of hydrogen-bond acceptors (Lipinski definition) is 3. The molecule has 1 aromatic heterocycles. The van der Waals surface area contributed by atoms with Gasteiger partial charge in [0.05, 0.1) is 10.9 Å². The molecule has 14 heavy (non-hydrogen) atoms. The second-order valence-corrected chi connectivity index (χ2v) is 5.72. The van der Waals surface area contributed by atoms with Crippen LogP contribution in [0.5, 0.6) is 0 Å². The molecule has 1 aromatic rings. The van der Waals surface area contributed by atoms with E-state index in [1.165, 1.54) is 4.88 Å². The van der Waals surface area contributed by atoms with Gasteiger partial charge in [0, 0.05) is 17.0 Å². The Labute approximate surface area is 93.9 Å². The Morgan fingerprint density at radius 2 is 2.21 bits per heavy atom. The van der Waals surface area contributed by atoms with E-state index in [-0.39, 0.29) is 12.1 Å². The summed E-state index contributed by atoms with van der Waals surface area (Å²) in [5.74, 6) is 0. The Balaban J connectivity index is 2.28. The highest BCUT2D eigenvalue weighted by atomic mass is 35.5. The summed E-state index contributed by atoms with van der Waals surface area (Å²) in [4.78, 5) is 1.27. The Hall–Kier alpha value is -0.0900. The van der Waals surface area contributed by atoms with Crippen molar-refractivity contribution in [3.63, 3.8) is 0 Å². The minimum Gasteiger partial charge on any atom is -0.394 e. The monoisotopic (exact) mass is 233 g/mol. The summed E-state index contributed by atoms with van der Waals surface area (Å²) >= 11 is 7.42. The van der Waals surface area contributed by atoms with Crippen LogP contribution in [0.1, 0.15) is 18.7 Å². The van der Waals surface area contributed by atoms with E-state index in [9.17, 15) is 0 Å². The van der Waals surface area contributed by atoms with Crippen molar-refractivity contribution in [2.24, 2.45) is 0 Å². The molecule has 2 N–H and O–H groups in total. The predicted molar refractivity (Wildman–Crippen MR) is 62.2 cm³/mol. The average molecular weight is 234 g/mol. The van der Waals surface area contributed by atoms with Gasteiger partial charge in [-0.1, -0.05) is 11.6 Å². The lowest BCUT2D eigenvalue weighted by molar-refractivity contribution is 0.189. The topological polar surface area (TPSA) is 32.3 Å². The third-order valence-electron chi connectivity index (χ3n) is 2.00. The zero-order valence-electron chi connectivity index (χ0n) is 8.51. The van der Waals surface area contributed by atoms with Gasteiger partial charge < -0.3 is 10.4 Å². The molecule has 0 fully saturated rings. The van der Waals surface area contributed by atoms with Gasteiger partial charge >= 0.3 is 0 Å². The summed E-state index contributed by atoms with van der Waals surface area (Å²) in [6.45, 7) is 4.98. The van der Waals surface area contributed by atoms with Crippen molar-refractivity contribution in [3.8, 4) is 0 Å². The van der Waals surface area contributed by atoms with Gasteiger partial charge in [-0.2, -0.15) is 0 Å². The van der Waals surface area contributed by atoms with Crippen LogP contribution in [0.15, 0.2) is 12.1 Å². The predicted octanol–water partition coefficient (Wildman–Crippen LogP) is 2.30. The molecule has 0 amide bonds. The highest BCUT2D eigenvalue weighted by Gasteiger charge is 2.14. The second-order valence-electron chi connectivity index (χ2n) is 3.92. The van der Waals surface area contributed by atoms with E-state index >= 15 is 0 Å². The third kappa shape index (κ3) is 3.96. The zero-order valence-corrected chi connectivity index (χ0v) is 10.1. The van der Waals surface area contributed by atoms with Crippen molar-refractivity contribution < 1.29 is 5.11 Å². The zero-order chi connectivity index (χ0) is 10.6. The van der Waals surface area contributed by atoms with Gasteiger partial charge in [0.15, 0.2) is 0 Å². The fraction of sp³-hybridized carbons (Fsp3) is 0.600. The Morgan fingerprint density at radius 1 is 1.50 bits per heavy atom. The number of nitrogens with one attached hydrogen (secondary N) is 1. The van der Waals surface area contributed by atoms with Crippen molar-refractivity contribution in [2.75, 3.05) is 13.2 Å². The molecule has 80 valence electrons. The number of aliphatic hydroxyl groups is 1. The first kappa shape index (κ1) is 12.0. The minimum atomic E-state index is -0.193. The number of hydrogen-bond donors (Lipinski definition) is 2. The quantitative estimate of drug-likeness (QED) is 0.818. The van der Waals surface area contributed by atoms with Crippen LogP contribution in [0.25, 0.3) is 0 Å². The van der Waals surface area contributed by atoms with Crippen LogP contribution in [-0.2, 0) is 6.42 Å². The van der Waals surface area contributed by atoms with Crippen LogP contribution in [0.3, 0.4) is 0 Å². The largest absolute Gasteiger partial charge is 0.394 e. The van der Waals surface area contributed by atoms with Gasteiger partial charge in [-0.05, 0) is 32.4 Å². The van der Waals surface area contributed by atoms with Gasteiger partial charge in [-0.25, -0.2) is 0 Å². The minimum absolute atomic E-state index is 0.151.